The summed E-state index contributed by atoms with van der Waals surface area (Å²) in [7, 11) is 0. The Morgan fingerprint density at radius 3 is 2.23 bits per heavy atom. The van der Waals surface area contributed by atoms with Gasteiger partial charge < -0.3 is 5.73 Å². The Bertz CT molecular complexity index is 193. The summed E-state index contributed by atoms with van der Waals surface area (Å²) in [5.74, 6) is 0.466. The van der Waals surface area contributed by atoms with Gasteiger partial charge in [0.2, 0.25) is 0 Å². The third-order valence-electron chi connectivity index (χ3n) is 2.90. The molecule has 2 N–H and O–H groups in total. The van der Waals surface area contributed by atoms with Crippen molar-refractivity contribution < 1.29 is 4.79 Å². The molecule has 1 saturated carbocycles. The lowest BCUT2D eigenvalue weighted by Crippen LogP contribution is -2.42. The van der Waals surface area contributed by atoms with Crippen LogP contribution in [0.25, 0.3) is 0 Å². The van der Waals surface area contributed by atoms with E-state index in [0.29, 0.717) is 5.78 Å². The number of hydrogen-bond acceptors (Lipinski definition) is 2. The van der Waals surface area contributed by atoms with Gasteiger partial charge in [-0.3, -0.25) is 4.79 Å². The standard InChI is InChI=1S/C11H21NO/c1-11(2,3)10(13)8-6-4-5-7-9(8)12/h8-9H,4-7,12H2,1-3H3. The van der Waals surface area contributed by atoms with Crippen LogP contribution in [0.3, 0.4) is 0 Å². The van der Waals surface area contributed by atoms with Gasteiger partial charge in [-0.2, -0.15) is 0 Å². The van der Waals surface area contributed by atoms with E-state index in [0.717, 1.165) is 12.8 Å². The predicted molar refractivity (Wildman–Crippen MR) is 54.4 cm³/mol. The van der Waals surface area contributed by atoms with Crippen LogP contribution in [-0.4, -0.2) is 11.8 Å². The normalized spacial score (nSPS) is 30.2. The monoisotopic (exact) mass is 183 g/mol. The fraction of sp³-hybridized carbons (Fsp3) is 0.909. The van der Waals surface area contributed by atoms with Crippen molar-refractivity contribution in [2.75, 3.05) is 0 Å². The van der Waals surface area contributed by atoms with Crippen molar-refractivity contribution in [2.45, 2.75) is 52.5 Å². The second-order valence-electron chi connectivity index (χ2n) is 5.17. The van der Waals surface area contributed by atoms with Crippen LogP contribution in [0.2, 0.25) is 0 Å². The molecule has 1 aliphatic carbocycles. The molecule has 1 aliphatic rings. The van der Waals surface area contributed by atoms with E-state index in [-0.39, 0.29) is 17.4 Å². The molecule has 0 aromatic rings. The summed E-state index contributed by atoms with van der Waals surface area (Å²) in [4.78, 5) is 12.0. The van der Waals surface area contributed by atoms with Gasteiger partial charge in [0, 0.05) is 17.4 Å². The van der Waals surface area contributed by atoms with Crippen LogP contribution in [0.1, 0.15) is 46.5 Å². The second-order valence-corrected chi connectivity index (χ2v) is 5.17. The minimum atomic E-state index is -0.223. The lowest BCUT2D eigenvalue weighted by Gasteiger charge is -2.32. The van der Waals surface area contributed by atoms with Gasteiger partial charge in [-0.05, 0) is 12.8 Å². The molecular formula is C11H21NO. The van der Waals surface area contributed by atoms with Crippen LogP contribution < -0.4 is 5.73 Å². The molecule has 0 aromatic carbocycles. The third kappa shape index (κ3) is 2.53. The SMILES string of the molecule is CC(C)(C)C(=O)C1CCCCC1N. The van der Waals surface area contributed by atoms with Gasteiger partial charge in [0.05, 0.1) is 0 Å². The van der Waals surface area contributed by atoms with Crippen LogP contribution in [-0.2, 0) is 4.79 Å². The van der Waals surface area contributed by atoms with Crippen molar-refractivity contribution in [1.82, 2.24) is 0 Å². The molecule has 2 atom stereocenters. The van der Waals surface area contributed by atoms with Crippen molar-refractivity contribution in [2.24, 2.45) is 17.1 Å². The molecule has 0 amide bonds. The molecule has 0 spiro atoms. The number of Topliss-reactive ketones (excluding diaryl/α,β-unsaturated/α-hetero) is 1. The number of ketones is 1. The molecule has 0 bridgehead atoms. The number of carbonyl (C=O) groups is 1. The molecule has 76 valence electrons. The molecule has 13 heavy (non-hydrogen) atoms. The Morgan fingerprint density at radius 2 is 1.77 bits per heavy atom. The van der Waals surface area contributed by atoms with Crippen molar-refractivity contribution in [3.8, 4) is 0 Å². The van der Waals surface area contributed by atoms with E-state index >= 15 is 0 Å². The van der Waals surface area contributed by atoms with Gasteiger partial charge in [-0.25, -0.2) is 0 Å². The molecule has 0 heterocycles. The molecule has 1 rings (SSSR count). The first kappa shape index (κ1) is 10.7. The predicted octanol–water partition coefficient (Wildman–Crippen LogP) is 2.12. The van der Waals surface area contributed by atoms with Gasteiger partial charge in [-0.1, -0.05) is 33.6 Å². The van der Waals surface area contributed by atoms with Crippen LogP contribution >= 0.6 is 0 Å². The van der Waals surface area contributed by atoms with Crippen molar-refractivity contribution >= 4 is 5.78 Å². The van der Waals surface area contributed by atoms with Crippen molar-refractivity contribution in [3.63, 3.8) is 0 Å². The van der Waals surface area contributed by atoms with Gasteiger partial charge in [-0.15, -0.1) is 0 Å². The fourth-order valence-corrected chi connectivity index (χ4v) is 2.04. The molecule has 1 fully saturated rings. The third-order valence-corrected chi connectivity index (χ3v) is 2.90. The molecule has 0 aromatic heterocycles. The highest BCUT2D eigenvalue weighted by Gasteiger charge is 2.34. The lowest BCUT2D eigenvalue weighted by molar-refractivity contribution is -0.131. The van der Waals surface area contributed by atoms with Crippen LogP contribution in [0.15, 0.2) is 0 Å². The highest BCUT2D eigenvalue weighted by molar-refractivity contribution is 5.86. The number of nitrogens with two attached hydrogens (primary N) is 1. The zero-order valence-electron chi connectivity index (χ0n) is 8.97. The van der Waals surface area contributed by atoms with Gasteiger partial charge in [0.1, 0.15) is 5.78 Å². The summed E-state index contributed by atoms with van der Waals surface area (Å²) >= 11 is 0. The molecular weight excluding hydrogens is 162 g/mol. The Morgan fingerprint density at radius 1 is 1.23 bits per heavy atom. The number of carbonyl (C=O) groups excluding carboxylic acids is 1. The number of rotatable bonds is 1. The van der Waals surface area contributed by atoms with E-state index in [4.69, 9.17) is 5.73 Å². The Balaban J connectivity index is 2.64. The van der Waals surface area contributed by atoms with Gasteiger partial charge in [0.25, 0.3) is 0 Å². The first-order valence-electron chi connectivity index (χ1n) is 5.23. The quantitative estimate of drug-likeness (QED) is 0.676. The van der Waals surface area contributed by atoms with Crippen LogP contribution in [0, 0.1) is 11.3 Å². The molecule has 2 unspecified atom stereocenters. The van der Waals surface area contributed by atoms with E-state index < -0.39 is 0 Å². The maximum absolute atomic E-state index is 12.0. The summed E-state index contributed by atoms with van der Waals surface area (Å²) in [6.07, 6.45) is 4.37. The smallest absolute Gasteiger partial charge is 0.142 e. The Hall–Kier alpha value is -0.370. The molecule has 2 nitrogen and oxygen atoms in total. The summed E-state index contributed by atoms with van der Waals surface area (Å²) in [6.45, 7) is 5.95. The van der Waals surface area contributed by atoms with E-state index in [2.05, 4.69) is 0 Å². The minimum Gasteiger partial charge on any atom is -0.327 e. The summed E-state index contributed by atoms with van der Waals surface area (Å²) in [6, 6.07) is 0.112. The van der Waals surface area contributed by atoms with Crippen molar-refractivity contribution in [1.29, 1.82) is 0 Å². The molecule has 0 saturated heterocycles. The summed E-state index contributed by atoms with van der Waals surface area (Å²) in [5.41, 5.74) is 5.73. The fourth-order valence-electron chi connectivity index (χ4n) is 2.04. The molecule has 0 aliphatic heterocycles. The van der Waals surface area contributed by atoms with Gasteiger partial charge >= 0.3 is 0 Å². The van der Waals surface area contributed by atoms with E-state index in [1.807, 2.05) is 20.8 Å². The van der Waals surface area contributed by atoms with Gasteiger partial charge in [0.15, 0.2) is 0 Å². The zero-order valence-corrected chi connectivity index (χ0v) is 8.97. The first-order chi connectivity index (χ1) is 5.93. The van der Waals surface area contributed by atoms with E-state index in [1.54, 1.807) is 0 Å². The average Bonchev–Trinajstić information content (AvgIpc) is 2.02. The van der Waals surface area contributed by atoms with Crippen molar-refractivity contribution in [3.05, 3.63) is 0 Å². The first-order valence-corrected chi connectivity index (χ1v) is 5.23. The maximum atomic E-state index is 12.0. The largest absolute Gasteiger partial charge is 0.327 e. The second kappa shape index (κ2) is 3.79. The highest BCUT2D eigenvalue weighted by Crippen LogP contribution is 2.30. The lowest BCUT2D eigenvalue weighted by atomic mass is 9.74. The molecule has 2 heteroatoms. The minimum absolute atomic E-state index is 0.112. The summed E-state index contributed by atoms with van der Waals surface area (Å²) < 4.78 is 0. The zero-order chi connectivity index (χ0) is 10.1. The number of hydrogen-bond donors (Lipinski definition) is 1. The van der Waals surface area contributed by atoms with E-state index in [9.17, 15) is 4.79 Å². The Labute approximate surface area is 80.9 Å². The van der Waals surface area contributed by atoms with Crippen LogP contribution in [0.5, 0.6) is 0 Å². The molecule has 0 radical (unpaired) electrons. The highest BCUT2D eigenvalue weighted by atomic mass is 16.1. The maximum Gasteiger partial charge on any atom is 0.142 e. The Kier molecular flexibility index (Phi) is 3.12. The van der Waals surface area contributed by atoms with E-state index in [1.165, 1.54) is 12.8 Å². The summed E-state index contributed by atoms with van der Waals surface area (Å²) in [5, 5.41) is 0. The van der Waals surface area contributed by atoms with Crippen LogP contribution in [0.4, 0.5) is 0 Å². The topological polar surface area (TPSA) is 43.1 Å². The average molecular weight is 183 g/mol.